The Labute approximate surface area is 133 Å². The van der Waals surface area contributed by atoms with Crippen LogP contribution in [-0.2, 0) is 9.53 Å². The lowest BCUT2D eigenvalue weighted by Gasteiger charge is -2.39. The Morgan fingerprint density at radius 2 is 2.09 bits per heavy atom. The van der Waals surface area contributed by atoms with E-state index >= 15 is 0 Å². The summed E-state index contributed by atoms with van der Waals surface area (Å²) in [5.74, 6) is -0.395. The summed E-state index contributed by atoms with van der Waals surface area (Å²) in [7, 11) is 1.40. The molecular weight excluding hydrogens is 309 g/mol. The van der Waals surface area contributed by atoms with Crippen LogP contribution in [0.25, 0.3) is 0 Å². The number of esters is 1. The second-order valence-electron chi connectivity index (χ2n) is 6.08. The average molecular weight is 328 g/mol. The highest BCUT2D eigenvalue weighted by Gasteiger charge is 2.46. The SMILES string of the molecule is COC(=O)[C@H]1C2CCCC(CC2)C1Nc1nc(Cl)ncc1F. The van der Waals surface area contributed by atoms with Crippen molar-refractivity contribution in [2.24, 2.45) is 17.8 Å². The van der Waals surface area contributed by atoms with Crippen LogP contribution in [0.2, 0.25) is 5.28 Å². The number of fused-ring (bicyclic) bond motifs is 4. The van der Waals surface area contributed by atoms with E-state index in [1.54, 1.807) is 0 Å². The molecule has 1 aromatic heterocycles. The maximum atomic E-state index is 13.9. The molecule has 3 aliphatic carbocycles. The minimum Gasteiger partial charge on any atom is -0.469 e. The molecule has 2 bridgehead atoms. The molecule has 0 amide bonds. The third-order valence-electron chi connectivity index (χ3n) is 4.95. The number of nitrogens with zero attached hydrogens (tertiary/aromatic N) is 2. The first-order valence-electron chi connectivity index (χ1n) is 7.62. The second kappa shape index (κ2) is 6.36. The van der Waals surface area contributed by atoms with E-state index in [0.29, 0.717) is 5.92 Å². The van der Waals surface area contributed by atoms with Gasteiger partial charge in [-0.2, -0.15) is 4.98 Å². The average Bonchev–Trinajstić information content (AvgIpc) is 2.84. The highest BCUT2D eigenvalue weighted by Crippen LogP contribution is 2.44. The van der Waals surface area contributed by atoms with E-state index in [2.05, 4.69) is 15.3 Å². The summed E-state index contributed by atoms with van der Waals surface area (Å²) in [6.45, 7) is 0. The van der Waals surface area contributed by atoms with Gasteiger partial charge in [0.1, 0.15) is 0 Å². The third-order valence-corrected chi connectivity index (χ3v) is 5.13. The molecule has 120 valence electrons. The Kier molecular flexibility index (Phi) is 4.47. The van der Waals surface area contributed by atoms with Gasteiger partial charge in [-0.15, -0.1) is 0 Å². The van der Waals surface area contributed by atoms with E-state index < -0.39 is 5.82 Å². The summed E-state index contributed by atoms with van der Waals surface area (Å²) < 4.78 is 18.9. The molecule has 1 aromatic rings. The number of nitrogens with one attached hydrogen (secondary N) is 1. The number of ether oxygens (including phenoxy) is 1. The quantitative estimate of drug-likeness (QED) is 0.683. The first-order chi connectivity index (χ1) is 10.6. The Bertz CT molecular complexity index is 568. The van der Waals surface area contributed by atoms with Crippen LogP contribution in [0.15, 0.2) is 6.20 Å². The molecule has 3 saturated carbocycles. The van der Waals surface area contributed by atoms with Gasteiger partial charge in [0, 0.05) is 6.04 Å². The predicted octanol–water partition coefficient (Wildman–Crippen LogP) is 3.05. The number of hydrogen-bond acceptors (Lipinski definition) is 5. The van der Waals surface area contributed by atoms with Crippen molar-refractivity contribution in [3.63, 3.8) is 0 Å². The number of aromatic nitrogens is 2. The number of hydrogen-bond donors (Lipinski definition) is 1. The fourth-order valence-electron chi connectivity index (χ4n) is 3.95. The van der Waals surface area contributed by atoms with Gasteiger partial charge in [0.05, 0.1) is 19.2 Å². The van der Waals surface area contributed by atoms with E-state index in [-0.39, 0.29) is 34.9 Å². The van der Waals surface area contributed by atoms with Crippen molar-refractivity contribution in [3.05, 3.63) is 17.3 Å². The summed E-state index contributed by atoms with van der Waals surface area (Å²) in [6, 6.07) is -0.172. The number of halogens is 2. The van der Waals surface area contributed by atoms with Crippen molar-refractivity contribution >= 4 is 23.4 Å². The lowest BCUT2D eigenvalue weighted by molar-refractivity contribution is -0.149. The fraction of sp³-hybridized carbons (Fsp3) is 0.667. The first-order valence-corrected chi connectivity index (χ1v) is 8.00. The molecule has 4 atom stereocenters. The van der Waals surface area contributed by atoms with Gasteiger partial charge in [-0.05, 0) is 49.1 Å². The van der Waals surface area contributed by atoms with Gasteiger partial charge in [-0.3, -0.25) is 4.79 Å². The van der Waals surface area contributed by atoms with Crippen LogP contribution in [0, 0.1) is 23.6 Å². The van der Waals surface area contributed by atoms with Crippen molar-refractivity contribution in [1.82, 2.24) is 9.97 Å². The molecule has 1 N–H and O–H groups in total. The number of methoxy groups -OCH3 is 1. The lowest BCUT2D eigenvalue weighted by atomic mass is 9.71. The summed E-state index contributed by atoms with van der Waals surface area (Å²) in [5.41, 5.74) is 0. The number of carbonyl (C=O) groups excluding carboxylic acids is 1. The number of rotatable bonds is 3. The Morgan fingerprint density at radius 3 is 2.86 bits per heavy atom. The summed E-state index contributed by atoms with van der Waals surface area (Å²) in [6.07, 6.45) is 6.24. The van der Waals surface area contributed by atoms with Crippen molar-refractivity contribution in [1.29, 1.82) is 0 Å². The van der Waals surface area contributed by atoms with Crippen molar-refractivity contribution in [2.45, 2.75) is 38.1 Å². The van der Waals surface area contributed by atoms with Crippen LogP contribution in [0.3, 0.4) is 0 Å². The minimum atomic E-state index is -0.562. The highest BCUT2D eigenvalue weighted by atomic mass is 35.5. The highest BCUT2D eigenvalue weighted by molar-refractivity contribution is 6.28. The molecule has 3 fully saturated rings. The van der Waals surface area contributed by atoms with Gasteiger partial charge in [0.2, 0.25) is 5.28 Å². The molecule has 0 aromatic carbocycles. The zero-order valence-corrected chi connectivity index (χ0v) is 13.1. The topological polar surface area (TPSA) is 64.1 Å². The van der Waals surface area contributed by atoms with Crippen molar-refractivity contribution < 1.29 is 13.9 Å². The van der Waals surface area contributed by atoms with E-state index in [1.165, 1.54) is 7.11 Å². The first kappa shape index (κ1) is 15.5. The molecule has 7 heteroatoms. The van der Waals surface area contributed by atoms with Crippen molar-refractivity contribution in [2.75, 3.05) is 12.4 Å². The molecule has 3 aliphatic rings. The largest absolute Gasteiger partial charge is 0.469 e. The number of carbonyl (C=O) groups is 1. The van der Waals surface area contributed by atoms with Gasteiger partial charge >= 0.3 is 5.97 Å². The predicted molar refractivity (Wildman–Crippen MR) is 80.0 cm³/mol. The standard InChI is InChI=1S/C15H19ClFN3O2/c1-22-14(21)11-8-3-2-4-9(6-5-8)12(11)19-13-10(17)7-18-15(16)20-13/h7-9,11-12H,2-6H2,1H3,(H,18,19,20)/t8?,9?,11-,12?/m0/s1. The molecule has 3 unspecified atom stereocenters. The van der Waals surface area contributed by atoms with E-state index in [0.717, 1.165) is 38.3 Å². The summed E-state index contributed by atoms with van der Waals surface area (Å²) in [4.78, 5) is 19.8. The molecule has 0 saturated heterocycles. The maximum Gasteiger partial charge on any atom is 0.311 e. The van der Waals surface area contributed by atoms with Gasteiger partial charge in [0.15, 0.2) is 11.6 Å². The zero-order chi connectivity index (χ0) is 15.7. The Morgan fingerprint density at radius 1 is 1.36 bits per heavy atom. The monoisotopic (exact) mass is 327 g/mol. The third kappa shape index (κ3) is 2.89. The van der Waals surface area contributed by atoms with Gasteiger partial charge in [-0.25, -0.2) is 9.37 Å². The van der Waals surface area contributed by atoms with Crippen LogP contribution in [0.4, 0.5) is 10.2 Å². The van der Waals surface area contributed by atoms with Crippen LogP contribution < -0.4 is 5.32 Å². The number of anilines is 1. The molecule has 5 nitrogen and oxygen atoms in total. The molecule has 1 heterocycles. The van der Waals surface area contributed by atoms with E-state index in [4.69, 9.17) is 16.3 Å². The molecular formula is C15H19ClFN3O2. The van der Waals surface area contributed by atoms with Crippen LogP contribution in [0.1, 0.15) is 32.1 Å². The molecule has 4 rings (SSSR count). The van der Waals surface area contributed by atoms with Gasteiger partial charge in [-0.1, -0.05) is 6.42 Å². The van der Waals surface area contributed by atoms with Crippen LogP contribution in [-0.4, -0.2) is 29.1 Å². The van der Waals surface area contributed by atoms with E-state index in [1.807, 2.05) is 0 Å². The zero-order valence-electron chi connectivity index (χ0n) is 12.4. The minimum absolute atomic E-state index is 0.0164. The molecule has 0 spiro atoms. The molecule has 0 radical (unpaired) electrons. The van der Waals surface area contributed by atoms with Gasteiger partial charge in [0.25, 0.3) is 0 Å². The fourth-order valence-corrected chi connectivity index (χ4v) is 4.08. The lowest BCUT2D eigenvalue weighted by Crippen LogP contribution is -2.47. The van der Waals surface area contributed by atoms with Crippen LogP contribution >= 0.6 is 11.6 Å². The smallest absolute Gasteiger partial charge is 0.311 e. The van der Waals surface area contributed by atoms with E-state index in [9.17, 15) is 9.18 Å². The Balaban J connectivity index is 1.91. The summed E-state index contributed by atoms with van der Waals surface area (Å²) >= 11 is 5.75. The molecule has 22 heavy (non-hydrogen) atoms. The van der Waals surface area contributed by atoms with Crippen molar-refractivity contribution in [3.8, 4) is 0 Å². The maximum absolute atomic E-state index is 13.9. The summed E-state index contributed by atoms with van der Waals surface area (Å²) in [5, 5.41) is 3.10. The van der Waals surface area contributed by atoms with Gasteiger partial charge < -0.3 is 10.1 Å². The second-order valence-corrected chi connectivity index (χ2v) is 6.42. The Hall–Kier alpha value is -1.43. The van der Waals surface area contributed by atoms with Crippen LogP contribution in [0.5, 0.6) is 0 Å². The molecule has 0 aliphatic heterocycles. The normalized spacial score (nSPS) is 30.7.